The van der Waals surface area contributed by atoms with E-state index in [1.807, 2.05) is 36.2 Å². The summed E-state index contributed by atoms with van der Waals surface area (Å²) in [5.41, 5.74) is 12.4. The smallest absolute Gasteiger partial charge is 0.281 e. The molecule has 10 heteroatoms. The lowest BCUT2D eigenvalue weighted by atomic mass is 9.91. The van der Waals surface area contributed by atoms with E-state index in [9.17, 15) is 13.6 Å². The number of carbonyl (C=O) groups is 1. The average Bonchev–Trinajstić information content (AvgIpc) is 3.57. The Bertz CT molecular complexity index is 1660. The van der Waals surface area contributed by atoms with Gasteiger partial charge in [-0.2, -0.15) is 0 Å². The second-order valence-corrected chi connectivity index (χ2v) is 11.3. The number of hydrogen-bond donors (Lipinski definition) is 1. The van der Waals surface area contributed by atoms with Gasteiger partial charge in [-0.3, -0.25) is 4.79 Å². The maximum absolute atomic E-state index is 13.9. The molecular formula is C29H27F2N7O. The zero-order chi connectivity index (χ0) is 26.6. The largest absolute Gasteiger partial charge is 0.333 e. The molecule has 39 heavy (non-hydrogen) atoms. The molecule has 3 atom stereocenters. The topological polar surface area (TPSA) is 93.2 Å². The lowest BCUT2D eigenvalue weighted by Gasteiger charge is -2.25. The molecule has 1 aliphatic carbocycles. The van der Waals surface area contributed by atoms with Gasteiger partial charge in [0.1, 0.15) is 5.82 Å². The highest BCUT2D eigenvalue weighted by Gasteiger charge is 2.47. The lowest BCUT2D eigenvalue weighted by molar-refractivity contribution is 0.00958. The summed E-state index contributed by atoms with van der Waals surface area (Å²) in [5, 5.41) is 0. The van der Waals surface area contributed by atoms with Gasteiger partial charge >= 0.3 is 0 Å². The summed E-state index contributed by atoms with van der Waals surface area (Å²) in [7, 11) is 1.88. The second-order valence-electron chi connectivity index (χ2n) is 11.3. The molecule has 2 aromatic heterocycles. The van der Waals surface area contributed by atoms with Crippen molar-refractivity contribution in [3.8, 4) is 11.1 Å². The van der Waals surface area contributed by atoms with E-state index in [4.69, 9.17) is 10.7 Å². The van der Waals surface area contributed by atoms with Crippen LogP contribution in [0.1, 0.15) is 64.6 Å². The summed E-state index contributed by atoms with van der Waals surface area (Å²) in [6, 6.07) is 11.0. The number of benzene rings is 2. The van der Waals surface area contributed by atoms with E-state index in [1.54, 1.807) is 12.4 Å². The molecule has 0 spiro atoms. The van der Waals surface area contributed by atoms with E-state index in [1.165, 1.54) is 10.5 Å². The summed E-state index contributed by atoms with van der Waals surface area (Å²) >= 11 is 0. The number of imidazole rings is 1. The molecular weight excluding hydrogens is 500 g/mol. The van der Waals surface area contributed by atoms with E-state index in [2.05, 4.69) is 26.7 Å². The summed E-state index contributed by atoms with van der Waals surface area (Å²) < 4.78 is 30.2. The number of nitrogens with two attached hydrogens (primary N) is 1. The highest BCUT2D eigenvalue weighted by molar-refractivity contribution is 5.97. The van der Waals surface area contributed by atoms with Gasteiger partial charge in [0.25, 0.3) is 11.8 Å². The number of carbonyl (C=O) groups excluding carboxylic acids is 1. The van der Waals surface area contributed by atoms with Crippen molar-refractivity contribution in [1.29, 1.82) is 0 Å². The van der Waals surface area contributed by atoms with E-state index >= 15 is 0 Å². The Hall–Kier alpha value is -3.92. The van der Waals surface area contributed by atoms with Crippen LogP contribution in [-0.2, 0) is 0 Å². The van der Waals surface area contributed by atoms with Gasteiger partial charge in [-0.15, -0.1) is 0 Å². The average molecular weight is 528 g/mol. The van der Waals surface area contributed by atoms with Crippen LogP contribution in [0.15, 0.2) is 48.8 Å². The van der Waals surface area contributed by atoms with E-state index in [0.29, 0.717) is 5.92 Å². The molecule has 8 nitrogen and oxygen atoms in total. The Morgan fingerprint density at radius 3 is 2.56 bits per heavy atom. The van der Waals surface area contributed by atoms with E-state index in [0.717, 1.165) is 58.4 Å². The molecule has 1 amide bonds. The predicted octanol–water partition coefficient (Wildman–Crippen LogP) is 4.27. The van der Waals surface area contributed by atoms with Gasteiger partial charge in [0.2, 0.25) is 5.95 Å². The maximum atomic E-state index is 13.9. The minimum absolute atomic E-state index is 0.0179. The zero-order valence-corrected chi connectivity index (χ0v) is 21.4. The first-order valence-corrected chi connectivity index (χ1v) is 13.4. The third kappa shape index (κ3) is 3.30. The summed E-state index contributed by atoms with van der Waals surface area (Å²) in [6.45, 7) is -0.463. The van der Waals surface area contributed by atoms with Gasteiger partial charge in [0.15, 0.2) is 0 Å². The fraction of sp³-hybridized carbons (Fsp3) is 0.379. The number of nitrogens with zero attached hydrogens (tertiary/aromatic N) is 6. The van der Waals surface area contributed by atoms with Gasteiger partial charge in [-0.1, -0.05) is 18.2 Å². The van der Waals surface area contributed by atoms with Gasteiger partial charge in [0, 0.05) is 43.5 Å². The van der Waals surface area contributed by atoms with Gasteiger partial charge in [-0.05, 0) is 53.6 Å². The van der Waals surface area contributed by atoms with Gasteiger partial charge in [0.05, 0.1) is 35.7 Å². The van der Waals surface area contributed by atoms with Crippen LogP contribution in [0.5, 0.6) is 0 Å². The normalized spacial score (nSPS) is 25.2. The van der Waals surface area contributed by atoms with Crippen molar-refractivity contribution in [3.05, 3.63) is 71.3 Å². The first-order valence-electron chi connectivity index (χ1n) is 13.4. The number of rotatable bonds is 3. The molecule has 4 aliphatic rings. The number of hydrogen-bond acceptors (Lipinski definition) is 6. The van der Waals surface area contributed by atoms with Crippen molar-refractivity contribution in [1.82, 2.24) is 24.4 Å². The van der Waals surface area contributed by atoms with Gasteiger partial charge in [-0.25, -0.2) is 23.7 Å². The number of anilines is 1. The third-order valence-electron chi connectivity index (χ3n) is 8.90. The van der Waals surface area contributed by atoms with Crippen LogP contribution in [0, 0.1) is 0 Å². The Labute approximate surface area is 223 Å². The molecule has 3 aliphatic heterocycles. The molecule has 0 radical (unpaired) electrons. The molecule has 4 aromatic rings. The number of fused-ring (bicyclic) bond motifs is 9. The molecule has 1 unspecified atom stereocenters. The number of halogens is 2. The fourth-order valence-corrected chi connectivity index (χ4v) is 6.67. The minimum atomic E-state index is -2.96. The van der Waals surface area contributed by atoms with E-state index in [-0.39, 0.29) is 30.5 Å². The lowest BCUT2D eigenvalue weighted by Crippen LogP contribution is -2.38. The molecule has 2 bridgehead atoms. The third-order valence-corrected chi connectivity index (χ3v) is 8.90. The SMILES string of the molecule is CN1C(=O)c2cccc(C3CC3)c2[C@H]2C[C@@H]1c1nc3ccc(-c4cnc(N5CC(N)C(F)(F)C5)nc4)cc3n12. The molecule has 2 N–H and O–H groups in total. The summed E-state index contributed by atoms with van der Waals surface area (Å²) in [5.74, 6) is -1.21. The molecule has 2 fully saturated rings. The van der Waals surface area contributed by atoms with Crippen molar-refractivity contribution in [2.24, 2.45) is 5.73 Å². The van der Waals surface area contributed by atoms with Crippen molar-refractivity contribution in [3.63, 3.8) is 0 Å². The Balaban J connectivity index is 1.21. The van der Waals surface area contributed by atoms with Crippen LogP contribution in [0.3, 0.4) is 0 Å². The Morgan fingerprint density at radius 2 is 1.85 bits per heavy atom. The summed E-state index contributed by atoms with van der Waals surface area (Å²) in [6.07, 6.45) is 6.47. The number of aromatic nitrogens is 4. The predicted molar refractivity (Wildman–Crippen MR) is 142 cm³/mol. The fourth-order valence-electron chi connectivity index (χ4n) is 6.67. The standard InChI is InChI=1S/C29H27F2N7O/c1-36-23-10-22(25-18(15-5-6-15)3-2-4-19(25)27(36)39)38-21-9-16(7-8-20(21)35-26(23)38)17-11-33-28(34-12-17)37-13-24(32)29(30,31)14-37/h2-4,7-9,11-12,15,22-24H,5-6,10,13-14,32H2,1H3/t22-,23-,24?/m1/s1. The number of alkyl halides is 2. The van der Waals surface area contributed by atoms with Crippen molar-refractivity contribution < 1.29 is 13.6 Å². The van der Waals surface area contributed by atoms with Crippen LogP contribution >= 0.6 is 0 Å². The first kappa shape index (κ1) is 23.0. The van der Waals surface area contributed by atoms with Crippen molar-refractivity contribution >= 4 is 22.9 Å². The quantitative estimate of drug-likeness (QED) is 0.428. The molecule has 5 heterocycles. The highest BCUT2D eigenvalue weighted by Crippen LogP contribution is 2.52. The first-order chi connectivity index (χ1) is 18.8. The Kier molecular flexibility index (Phi) is 4.61. The second kappa shape index (κ2) is 7.81. The monoisotopic (exact) mass is 527 g/mol. The molecule has 8 rings (SSSR count). The molecule has 1 saturated carbocycles. The van der Waals surface area contributed by atoms with E-state index < -0.39 is 18.5 Å². The maximum Gasteiger partial charge on any atom is 0.281 e. The molecule has 2 aromatic carbocycles. The summed E-state index contributed by atoms with van der Waals surface area (Å²) in [4.78, 5) is 30.5. The van der Waals surface area contributed by atoms with Crippen molar-refractivity contribution in [2.45, 2.75) is 49.2 Å². The highest BCUT2D eigenvalue weighted by atomic mass is 19.3. The van der Waals surface area contributed by atoms with Crippen molar-refractivity contribution in [2.75, 3.05) is 25.0 Å². The van der Waals surface area contributed by atoms with Gasteiger partial charge < -0.3 is 20.1 Å². The van der Waals surface area contributed by atoms with Crippen LogP contribution < -0.4 is 10.6 Å². The number of amides is 1. The molecule has 1 saturated heterocycles. The van der Waals surface area contributed by atoms with Crippen LogP contribution in [0.4, 0.5) is 14.7 Å². The van der Waals surface area contributed by atoms with Crippen LogP contribution in [0.25, 0.3) is 22.2 Å². The van der Waals surface area contributed by atoms with Crippen LogP contribution in [0.2, 0.25) is 0 Å². The minimum Gasteiger partial charge on any atom is -0.333 e. The molecule has 198 valence electrons. The Morgan fingerprint density at radius 1 is 1.05 bits per heavy atom. The van der Waals surface area contributed by atoms with Crippen LogP contribution in [-0.4, -0.2) is 62.4 Å². The zero-order valence-electron chi connectivity index (χ0n) is 21.4.